The molecule has 4 nitrogen and oxygen atoms in total. The molecule has 0 aromatic heterocycles. The van der Waals surface area contributed by atoms with Crippen LogP contribution in [0.3, 0.4) is 0 Å². The Balaban J connectivity index is 1.90. The summed E-state index contributed by atoms with van der Waals surface area (Å²) in [7, 11) is -3.17. The maximum Gasteiger partial charge on any atom is 0.215 e. The van der Waals surface area contributed by atoms with Gasteiger partial charge in [-0.2, -0.15) is 4.31 Å². The van der Waals surface area contributed by atoms with Crippen molar-refractivity contribution in [1.29, 1.82) is 0 Å². The predicted octanol–water partition coefficient (Wildman–Crippen LogP) is 1.59. The molecule has 0 heterocycles. The number of nitrogens with one attached hydrogen (secondary N) is 1. The van der Waals surface area contributed by atoms with Gasteiger partial charge in [-0.05, 0) is 18.4 Å². The summed E-state index contributed by atoms with van der Waals surface area (Å²) in [6, 6.07) is 10.3. The molecule has 0 spiro atoms. The van der Waals surface area contributed by atoms with E-state index in [1.165, 1.54) is 12.8 Å². The van der Waals surface area contributed by atoms with E-state index < -0.39 is 10.0 Å². The fourth-order valence-corrected chi connectivity index (χ4v) is 3.38. The lowest BCUT2D eigenvalue weighted by Gasteiger charge is -2.20. The number of rotatable bonds is 8. The Morgan fingerprint density at radius 1 is 1.26 bits per heavy atom. The molecular formula is C14H22N2O2S. The molecule has 0 aliphatic heterocycles. The second-order valence-corrected chi connectivity index (χ2v) is 7.04. The molecule has 0 unspecified atom stereocenters. The summed E-state index contributed by atoms with van der Waals surface area (Å²) < 4.78 is 26.1. The lowest BCUT2D eigenvalue weighted by Crippen LogP contribution is -2.36. The first-order valence-corrected chi connectivity index (χ1v) is 8.48. The van der Waals surface area contributed by atoms with E-state index in [0.29, 0.717) is 25.7 Å². The molecule has 2 rings (SSSR count). The number of sulfonamides is 1. The van der Waals surface area contributed by atoms with E-state index >= 15 is 0 Å². The lowest BCUT2D eigenvalue weighted by molar-refractivity contribution is 0.422. The largest absolute Gasteiger partial charge is 0.313 e. The van der Waals surface area contributed by atoms with Crippen LogP contribution >= 0.6 is 0 Å². The monoisotopic (exact) mass is 282 g/mol. The van der Waals surface area contributed by atoms with E-state index in [4.69, 9.17) is 0 Å². The third-order valence-corrected chi connectivity index (χ3v) is 5.21. The molecule has 0 saturated heterocycles. The van der Waals surface area contributed by atoms with Crippen LogP contribution < -0.4 is 5.32 Å². The van der Waals surface area contributed by atoms with Crippen LogP contribution in [0.4, 0.5) is 0 Å². The SMILES string of the molecule is CCN(Cc1ccccc1)S(=O)(=O)CCNC1CC1. The lowest BCUT2D eigenvalue weighted by atomic mass is 10.2. The third kappa shape index (κ3) is 4.60. The summed E-state index contributed by atoms with van der Waals surface area (Å²) in [6.45, 7) is 3.41. The van der Waals surface area contributed by atoms with Crippen molar-refractivity contribution in [3.63, 3.8) is 0 Å². The Bertz CT molecular complexity index is 483. The van der Waals surface area contributed by atoms with Crippen LogP contribution in [-0.2, 0) is 16.6 Å². The average molecular weight is 282 g/mol. The van der Waals surface area contributed by atoms with Gasteiger partial charge in [-0.1, -0.05) is 37.3 Å². The van der Waals surface area contributed by atoms with Crippen LogP contribution in [-0.4, -0.2) is 37.6 Å². The van der Waals surface area contributed by atoms with Crippen molar-refractivity contribution < 1.29 is 8.42 Å². The number of hydrogen-bond acceptors (Lipinski definition) is 3. The summed E-state index contributed by atoms with van der Waals surface area (Å²) in [5, 5.41) is 3.25. The van der Waals surface area contributed by atoms with E-state index in [2.05, 4.69) is 5.32 Å². The zero-order chi connectivity index (χ0) is 13.7. The summed E-state index contributed by atoms with van der Waals surface area (Å²) in [5.74, 6) is 0.185. The molecule has 5 heteroatoms. The second-order valence-electron chi connectivity index (χ2n) is 4.96. The molecule has 19 heavy (non-hydrogen) atoms. The minimum absolute atomic E-state index is 0.185. The Kier molecular flexibility index (Phi) is 4.96. The highest BCUT2D eigenvalue weighted by atomic mass is 32.2. The van der Waals surface area contributed by atoms with E-state index in [1.807, 2.05) is 37.3 Å². The maximum absolute atomic E-state index is 12.3. The topological polar surface area (TPSA) is 49.4 Å². The summed E-state index contributed by atoms with van der Waals surface area (Å²) >= 11 is 0. The molecule has 1 aromatic carbocycles. The quantitative estimate of drug-likeness (QED) is 0.788. The minimum Gasteiger partial charge on any atom is -0.313 e. The van der Waals surface area contributed by atoms with Crippen LogP contribution in [0.15, 0.2) is 30.3 Å². The smallest absolute Gasteiger partial charge is 0.215 e. The van der Waals surface area contributed by atoms with Gasteiger partial charge >= 0.3 is 0 Å². The second kappa shape index (κ2) is 6.50. The molecule has 0 radical (unpaired) electrons. The standard InChI is InChI=1S/C14H22N2O2S/c1-2-16(12-13-6-4-3-5-7-13)19(17,18)11-10-15-14-8-9-14/h3-7,14-15H,2,8-12H2,1H3. The number of hydrogen-bond donors (Lipinski definition) is 1. The molecule has 0 amide bonds. The zero-order valence-corrected chi connectivity index (χ0v) is 12.2. The van der Waals surface area contributed by atoms with Gasteiger partial charge in [0.05, 0.1) is 5.75 Å². The third-order valence-electron chi connectivity index (χ3n) is 3.32. The van der Waals surface area contributed by atoms with Gasteiger partial charge in [-0.15, -0.1) is 0 Å². The highest BCUT2D eigenvalue weighted by molar-refractivity contribution is 7.89. The Morgan fingerprint density at radius 2 is 1.95 bits per heavy atom. The average Bonchev–Trinajstić information content (AvgIpc) is 3.21. The van der Waals surface area contributed by atoms with Crippen molar-refractivity contribution in [3.05, 3.63) is 35.9 Å². The molecule has 0 atom stereocenters. The molecular weight excluding hydrogens is 260 g/mol. The maximum atomic E-state index is 12.3. The van der Waals surface area contributed by atoms with Crippen LogP contribution in [0.2, 0.25) is 0 Å². The Labute approximate surface area is 115 Å². The van der Waals surface area contributed by atoms with E-state index in [9.17, 15) is 8.42 Å². The van der Waals surface area contributed by atoms with Gasteiger partial charge in [-0.3, -0.25) is 0 Å². The molecule has 1 aliphatic rings. The molecule has 1 aliphatic carbocycles. The number of nitrogens with zero attached hydrogens (tertiary/aromatic N) is 1. The van der Waals surface area contributed by atoms with Crippen LogP contribution in [0.1, 0.15) is 25.3 Å². The van der Waals surface area contributed by atoms with Gasteiger partial charge in [0.25, 0.3) is 0 Å². The normalized spacial score (nSPS) is 15.9. The van der Waals surface area contributed by atoms with Gasteiger partial charge in [0, 0.05) is 25.7 Å². The van der Waals surface area contributed by atoms with Gasteiger partial charge in [0.2, 0.25) is 10.0 Å². The fraction of sp³-hybridized carbons (Fsp3) is 0.571. The molecule has 0 bridgehead atoms. The molecule has 1 N–H and O–H groups in total. The molecule has 106 valence electrons. The summed E-state index contributed by atoms with van der Waals surface area (Å²) in [4.78, 5) is 0. The van der Waals surface area contributed by atoms with Crippen molar-refractivity contribution in [2.45, 2.75) is 32.4 Å². The van der Waals surface area contributed by atoms with E-state index in [1.54, 1.807) is 4.31 Å². The van der Waals surface area contributed by atoms with Crippen molar-refractivity contribution in [2.24, 2.45) is 0 Å². The Hall–Kier alpha value is -0.910. The summed E-state index contributed by atoms with van der Waals surface area (Å²) in [5.41, 5.74) is 1.03. The van der Waals surface area contributed by atoms with Gasteiger partial charge < -0.3 is 5.32 Å². The fourth-order valence-electron chi connectivity index (χ4n) is 2.00. The van der Waals surface area contributed by atoms with Crippen LogP contribution in [0.5, 0.6) is 0 Å². The van der Waals surface area contributed by atoms with Crippen molar-refractivity contribution in [1.82, 2.24) is 9.62 Å². The number of benzene rings is 1. The first-order valence-electron chi connectivity index (χ1n) is 6.87. The molecule has 1 saturated carbocycles. The van der Waals surface area contributed by atoms with Crippen LogP contribution in [0.25, 0.3) is 0 Å². The zero-order valence-electron chi connectivity index (χ0n) is 11.4. The van der Waals surface area contributed by atoms with Crippen molar-refractivity contribution in [2.75, 3.05) is 18.8 Å². The molecule has 1 fully saturated rings. The van der Waals surface area contributed by atoms with Crippen molar-refractivity contribution >= 4 is 10.0 Å². The van der Waals surface area contributed by atoms with E-state index in [0.717, 1.165) is 5.56 Å². The highest BCUT2D eigenvalue weighted by Gasteiger charge is 2.23. The first kappa shape index (κ1) is 14.5. The predicted molar refractivity (Wildman–Crippen MR) is 77.3 cm³/mol. The van der Waals surface area contributed by atoms with Gasteiger partial charge in [-0.25, -0.2) is 8.42 Å². The Morgan fingerprint density at radius 3 is 2.53 bits per heavy atom. The van der Waals surface area contributed by atoms with Crippen molar-refractivity contribution in [3.8, 4) is 0 Å². The minimum atomic E-state index is -3.17. The highest BCUT2D eigenvalue weighted by Crippen LogP contribution is 2.18. The van der Waals surface area contributed by atoms with E-state index in [-0.39, 0.29) is 5.75 Å². The summed E-state index contributed by atoms with van der Waals surface area (Å²) in [6.07, 6.45) is 2.36. The van der Waals surface area contributed by atoms with Gasteiger partial charge in [0.15, 0.2) is 0 Å². The first-order chi connectivity index (χ1) is 9.12. The van der Waals surface area contributed by atoms with Gasteiger partial charge in [0.1, 0.15) is 0 Å². The van der Waals surface area contributed by atoms with Crippen LogP contribution in [0, 0.1) is 0 Å². The molecule has 1 aromatic rings.